The van der Waals surface area contributed by atoms with Gasteiger partial charge in [0.15, 0.2) is 0 Å². The van der Waals surface area contributed by atoms with Gasteiger partial charge in [0.25, 0.3) is 0 Å². The van der Waals surface area contributed by atoms with Crippen molar-refractivity contribution in [2.75, 3.05) is 13.1 Å². The van der Waals surface area contributed by atoms with Crippen LogP contribution in [0.2, 0.25) is 0 Å². The summed E-state index contributed by atoms with van der Waals surface area (Å²) in [6.07, 6.45) is 12.8. The molecule has 0 aromatic heterocycles. The molecule has 5 atom stereocenters. The van der Waals surface area contributed by atoms with Crippen LogP contribution in [0.4, 0.5) is 0 Å². The van der Waals surface area contributed by atoms with Crippen LogP contribution in [-0.2, 0) is 0 Å². The Bertz CT molecular complexity index is 326. The maximum absolute atomic E-state index is 6.50. The summed E-state index contributed by atoms with van der Waals surface area (Å²) >= 11 is 0. The third kappa shape index (κ3) is 3.64. The van der Waals surface area contributed by atoms with E-state index >= 15 is 0 Å². The van der Waals surface area contributed by atoms with Crippen LogP contribution in [-0.4, -0.2) is 30.1 Å². The van der Waals surface area contributed by atoms with Gasteiger partial charge in [-0.3, -0.25) is 4.90 Å². The monoisotopic (exact) mass is 292 g/mol. The summed E-state index contributed by atoms with van der Waals surface area (Å²) < 4.78 is 0. The van der Waals surface area contributed by atoms with Gasteiger partial charge >= 0.3 is 0 Å². The molecular formula is C19H36N2. The molecule has 1 heterocycles. The van der Waals surface area contributed by atoms with Gasteiger partial charge in [0, 0.05) is 18.6 Å². The molecule has 2 saturated carbocycles. The SMILES string of the molecule is CC(C)C1CCC(N)C(CN2CCCC3CCCCC32)C1. The molecule has 0 spiro atoms. The molecule has 3 rings (SSSR count). The second-order valence-corrected chi connectivity index (χ2v) is 8.49. The topological polar surface area (TPSA) is 29.3 Å². The van der Waals surface area contributed by atoms with Crippen molar-refractivity contribution < 1.29 is 0 Å². The van der Waals surface area contributed by atoms with Crippen molar-refractivity contribution >= 4 is 0 Å². The number of piperidine rings is 1. The van der Waals surface area contributed by atoms with Crippen molar-refractivity contribution in [3.05, 3.63) is 0 Å². The Morgan fingerprint density at radius 3 is 2.57 bits per heavy atom. The van der Waals surface area contributed by atoms with Gasteiger partial charge in [-0.2, -0.15) is 0 Å². The van der Waals surface area contributed by atoms with Crippen molar-refractivity contribution in [3.8, 4) is 0 Å². The second kappa shape index (κ2) is 7.00. The highest BCUT2D eigenvalue weighted by atomic mass is 15.2. The number of hydrogen-bond acceptors (Lipinski definition) is 2. The standard InChI is InChI=1S/C19H36N2/c1-14(2)16-9-10-18(20)17(12-16)13-21-11-5-7-15-6-3-4-8-19(15)21/h14-19H,3-13,20H2,1-2H3. The molecule has 0 aromatic rings. The summed E-state index contributed by atoms with van der Waals surface area (Å²) in [6, 6.07) is 1.36. The third-order valence-electron chi connectivity index (χ3n) is 6.85. The van der Waals surface area contributed by atoms with E-state index in [9.17, 15) is 0 Å². The van der Waals surface area contributed by atoms with E-state index in [0.717, 1.165) is 29.7 Å². The van der Waals surface area contributed by atoms with Crippen molar-refractivity contribution in [2.24, 2.45) is 29.4 Å². The molecule has 2 aliphatic carbocycles. The summed E-state index contributed by atoms with van der Waals surface area (Å²) in [4.78, 5) is 2.86. The van der Waals surface area contributed by atoms with Gasteiger partial charge in [0.05, 0.1) is 0 Å². The van der Waals surface area contributed by atoms with E-state index in [1.807, 2.05) is 0 Å². The third-order valence-corrected chi connectivity index (χ3v) is 6.85. The fraction of sp³-hybridized carbons (Fsp3) is 1.00. The summed E-state index contributed by atoms with van der Waals surface area (Å²) in [7, 11) is 0. The largest absolute Gasteiger partial charge is 0.327 e. The number of fused-ring (bicyclic) bond motifs is 1. The second-order valence-electron chi connectivity index (χ2n) is 8.49. The lowest BCUT2D eigenvalue weighted by atomic mass is 9.72. The molecule has 0 amide bonds. The van der Waals surface area contributed by atoms with Gasteiger partial charge in [-0.1, -0.05) is 26.7 Å². The van der Waals surface area contributed by atoms with E-state index in [0.29, 0.717) is 6.04 Å². The number of rotatable bonds is 3. The Balaban J connectivity index is 1.61. The summed E-state index contributed by atoms with van der Waals surface area (Å²) in [5.74, 6) is 3.52. The lowest BCUT2D eigenvalue weighted by molar-refractivity contribution is 0.0322. The van der Waals surface area contributed by atoms with Gasteiger partial charge in [-0.15, -0.1) is 0 Å². The van der Waals surface area contributed by atoms with Gasteiger partial charge < -0.3 is 5.73 Å². The molecular weight excluding hydrogens is 256 g/mol. The number of likely N-dealkylation sites (tertiary alicyclic amines) is 1. The minimum atomic E-state index is 0.462. The smallest absolute Gasteiger partial charge is 0.0124 e. The highest BCUT2D eigenvalue weighted by molar-refractivity contribution is 4.91. The normalized spacial score (nSPS) is 42.0. The molecule has 21 heavy (non-hydrogen) atoms. The van der Waals surface area contributed by atoms with Gasteiger partial charge in [0.2, 0.25) is 0 Å². The zero-order chi connectivity index (χ0) is 14.8. The van der Waals surface area contributed by atoms with E-state index in [-0.39, 0.29) is 0 Å². The Morgan fingerprint density at radius 1 is 1.00 bits per heavy atom. The lowest BCUT2D eigenvalue weighted by Gasteiger charge is -2.47. The van der Waals surface area contributed by atoms with Crippen LogP contribution < -0.4 is 5.73 Å². The zero-order valence-corrected chi connectivity index (χ0v) is 14.3. The van der Waals surface area contributed by atoms with Crippen molar-refractivity contribution in [2.45, 2.75) is 83.7 Å². The molecule has 2 heteroatoms. The van der Waals surface area contributed by atoms with Crippen LogP contribution in [0.3, 0.4) is 0 Å². The fourth-order valence-corrected chi connectivity index (χ4v) is 5.39. The van der Waals surface area contributed by atoms with E-state index in [1.54, 1.807) is 0 Å². The molecule has 3 aliphatic rings. The molecule has 5 unspecified atom stereocenters. The molecule has 1 aliphatic heterocycles. The van der Waals surface area contributed by atoms with Crippen molar-refractivity contribution in [3.63, 3.8) is 0 Å². The van der Waals surface area contributed by atoms with Gasteiger partial charge in [0.1, 0.15) is 0 Å². The van der Waals surface area contributed by atoms with E-state index in [1.165, 1.54) is 70.9 Å². The van der Waals surface area contributed by atoms with E-state index in [4.69, 9.17) is 5.73 Å². The Labute approximate surface area is 131 Å². The number of nitrogens with two attached hydrogens (primary N) is 1. The molecule has 1 saturated heterocycles. The Kier molecular flexibility index (Phi) is 5.27. The summed E-state index contributed by atoms with van der Waals surface area (Å²) in [5.41, 5.74) is 6.50. The van der Waals surface area contributed by atoms with E-state index in [2.05, 4.69) is 18.7 Å². The van der Waals surface area contributed by atoms with Crippen LogP contribution in [0.15, 0.2) is 0 Å². The van der Waals surface area contributed by atoms with Crippen LogP contribution in [0.25, 0.3) is 0 Å². The average Bonchev–Trinajstić information content (AvgIpc) is 2.49. The molecule has 2 nitrogen and oxygen atoms in total. The molecule has 2 N–H and O–H groups in total. The predicted molar refractivity (Wildman–Crippen MR) is 90.2 cm³/mol. The Hall–Kier alpha value is -0.0800. The number of nitrogens with zero attached hydrogens (tertiary/aromatic N) is 1. The highest BCUT2D eigenvalue weighted by Gasteiger charge is 2.37. The first-order valence-electron chi connectivity index (χ1n) is 9.64. The molecule has 0 aromatic carbocycles. The zero-order valence-electron chi connectivity index (χ0n) is 14.3. The van der Waals surface area contributed by atoms with Crippen LogP contribution in [0.5, 0.6) is 0 Å². The van der Waals surface area contributed by atoms with E-state index < -0.39 is 0 Å². The van der Waals surface area contributed by atoms with Crippen molar-refractivity contribution in [1.29, 1.82) is 0 Å². The average molecular weight is 293 g/mol. The first-order valence-corrected chi connectivity index (χ1v) is 9.64. The highest BCUT2D eigenvalue weighted by Crippen LogP contribution is 2.38. The molecule has 0 radical (unpaired) electrons. The molecule has 0 bridgehead atoms. The quantitative estimate of drug-likeness (QED) is 0.850. The Morgan fingerprint density at radius 2 is 1.76 bits per heavy atom. The first kappa shape index (κ1) is 15.8. The number of hydrogen-bond donors (Lipinski definition) is 1. The predicted octanol–water partition coefficient (Wildman–Crippen LogP) is 4.04. The summed E-state index contributed by atoms with van der Waals surface area (Å²) in [5, 5.41) is 0. The van der Waals surface area contributed by atoms with Gasteiger partial charge in [-0.25, -0.2) is 0 Å². The van der Waals surface area contributed by atoms with Gasteiger partial charge in [-0.05, 0) is 75.2 Å². The van der Waals surface area contributed by atoms with Crippen LogP contribution in [0.1, 0.15) is 71.6 Å². The molecule has 3 fully saturated rings. The summed E-state index contributed by atoms with van der Waals surface area (Å²) in [6.45, 7) is 7.44. The lowest BCUT2D eigenvalue weighted by Crippen LogP contribution is -2.51. The maximum Gasteiger partial charge on any atom is 0.0124 e. The van der Waals surface area contributed by atoms with Crippen LogP contribution in [0, 0.1) is 23.7 Å². The minimum absolute atomic E-state index is 0.462. The fourth-order valence-electron chi connectivity index (χ4n) is 5.39. The molecule has 122 valence electrons. The first-order chi connectivity index (χ1) is 10.1. The minimum Gasteiger partial charge on any atom is -0.327 e. The maximum atomic E-state index is 6.50. The van der Waals surface area contributed by atoms with Crippen LogP contribution >= 0.6 is 0 Å². The van der Waals surface area contributed by atoms with Crippen molar-refractivity contribution in [1.82, 2.24) is 4.90 Å².